The number of rotatable bonds is 5. The summed E-state index contributed by atoms with van der Waals surface area (Å²) in [5.74, 6) is 0.247. The maximum atomic E-state index is 11.7. The van der Waals surface area contributed by atoms with E-state index in [1.54, 1.807) is 6.07 Å². The highest BCUT2D eigenvalue weighted by Crippen LogP contribution is 2.33. The van der Waals surface area contributed by atoms with E-state index in [1.165, 1.54) is 57.7 Å². The minimum absolute atomic E-state index is 0.402. The number of primary amides is 1. The van der Waals surface area contributed by atoms with Gasteiger partial charge in [0.1, 0.15) is 0 Å². The van der Waals surface area contributed by atoms with Crippen molar-refractivity contribution in [3.8, 4) is 11.3 Å². The summed E-state index contributed by atoms with van der Waals surface area (Å²) in [6, 6.07) is 18.3. The summed E-state index contributed by atoms with van der Waals surface area (Å²) >= 11 is 0. The van der Waals surface area contributed by atoms with E-state index in [9.17, 15) is 4.79 Å². The Kier molecular flexibility index (Phi) is 5.01. The summed E-state index contributed by atoms with van der Waals surface area (Å²) in [4.78, 5) is 20.5. The molecule has 0 radical (unpaired) electrons. The number of amides is 1. The molecule has 32 heavy (non-hydrogen) atoms. The van der Waals surface area contributed by atoms with Crippen LogP contribution in [-0.4, -0.2) is 72.0 Å². The number of fused-ring (bicyclic) bond motifs is 1. The smallest absolute Gasteiger partial charge is 0.250 e. The Labute approximate surface area is 188 Å². The second kappa shape index (κ2) is 8.03. The Morgan fingerprint density at radius 1 is 0.938 bits per heavy atom. The molecule has 0 bridgehead atoms. The van der Waals surface area contributed by atoms with Crippen LogP contribution in [0.5, 0.6) is 0 Å². The number of nitrogens with two attached hydrogens (primary N) is 1. The summed E-state index contributed by atoms with van der Waals surface area (Å²) < 4.78 is 0. The normalized spacial score (nSPS) is 21.5. The van der Waals surface area contributed by atoms with E-state index in [0.717, 1.165) is 34.2 Å². The number of para-hydroxylation sites is 1. The topological polar surface area (TPSA) is 77.4 Å². The van der Waals surface area contributed by atoms with E-state index in [0.29, 0.717) is 11.5 Å². The molecule has 0 atom stereocenters. The number of carbonyl (C=O) groups is 1. The zero-order chi connectivity index (χ0) is 21.7. The molecule has 6 nitrogen and oxygen atoms in total. The standard InChI is InChI=1S/C26H31N5O/c27-26(32)23-3-1-2-20-12-24(29-25(20)23)19-6-4-17(5-7-19)18-8-10-30(11-9-18)22-15-31(16-22)21-13-28-14-21/h1-7,12,18,21-22,28-29H,8-11,13-16H2,(H2,27,32). The first-order valence-corrected chi connectivity index (χ1v) is 11.9. The van der Waals surface area contributed by atoms with Crippen molar-refractivity contribution in [1.82, 2.24) is 20.1 Å². The van der Waals surface area contributed by atoms with Crippen molar-refractivity contribution in [2.75, 3.05) is 39.3 Å². The molecule has 0 spiro atoms. The fourth-order valence-corrected chi connectivity index (χ4v) is 5.60. The molecular weight excluding hydrogens is 398 g/mol. The van der Waals surface area contributed by atoms with Crippen LogP contribution in [0.4, 0.5) is 0 Å². The van der Waals surface area contributed by atoms with Crippen LogP contribution in [0.3, 0.4) is 0 Å². The first kappa shape index (κ1) is 20.0. The number of benzene rings is 2. The van der Waals surface area contributed by atoms with Crippen molar-refractivity contribution in [3.05, 3.63) is 59.7 Å². The molecule has 6 rings (SSSR count). The third kappa shape index (κ3) is 3.52. The molecule has 3 aliphatic heterocycles. The lowest BCUT2D eigenvalue weighted by molar-refractivity contribution is -0.0187. The summed E-state index contributed by atoms with van der Waals surface area (Å²) in [7, 11) is 0. The van der Waals surface area contributed by atoms with Gasteiger partial charge in [-0.25, -0.2) is 0 Å². The average molecular weight is 430 g/mol. The molecule has 0 unspecified atom stereocenters. The van der Waals surface area contributed by atoms with Crippen LogP contribution in [0.1, 0.15) is 34.7 Å². The van der Waals surface area contributed by atoms with Crippen LogP contribution in [0.15, 0.2) is 48.5 Å². The molecule has 3 aromatic rings. The first-order valence-electron chi connectivity index (χ1n) is 11.9. The third-order valence-electron chi connectivity index (χ3n) is 7.83. The van der Waals surface area contributed by atoms with E-state index < -0.39 is 5.91 Å². The second-order valence-corrected chi connectivity index (χ2v) is 9.67. The van der Waals surface area contributed by atoms with Crippen LogP contribution in [-0.2, 0) is 0 Å². The molecule has 6 heteroatoms. The van der Waals surface area contributed by atoms with Gasteiger partial charge in [-0.2, -0.15) is 0 Å². The minimum atomic E-state index is -0.402. The Bertz CT molecular complexity index is 1120. The van der Waals surface area contributed by atoms with Crippen LogP contribution in [0, 0.1) is 0 Å². The number of nitrogens with one attached hydrogen (secondary N) is 2. The summed E-state index contributed by atoms with van der Waals surface area (Å²) in [6.07, 6.45) is 2.49. The zero-order valence-corrected chi connectivity index (χ0v) is 18.4. The van der Waals surface area contributed by atoms with Crippen LogP contribution in [0.25, 0.3) is 22.2 Å². The molecule has 1 aromatic heterocycles. The highest BCUT2D eigenvalue weighted by Gasteiger charge is 2.38. The van der Waals surface area contributed by atoms with Crippen LogP contribution < -0.4 is 11.1 Å². The Balaban J connectivity index is 1.09. The number of nitrogens with zero attached hydrogens (tertiary/aromatic N) is 2. The number of hydrogen-bond acceptors (Lipinski definition) is 4. The second-order valence-electron chi connectivity index (χ2n) is 9.67. The van der Waals surface area contributed by atoms with Gasteiger partial charge < -0.3 is 16.0 Å². The lowest BCUT2D eigenvalue weighted by atomic mass is 9.87. The van der Waals surface area contributed by atoms with Gasteiger partial charge in [0.15, 0.2) is 0 Å². The maximum Gasteiger partial charge on any atom is 0.250 e. The molecule has 4 N–H and O–H groups in total. The van der Waals surface area contributed by atoms with Gasteiger partial charge >= 0.3 is 0 Å². The lowest BCUT2D eigenvalue weighted by Gasteiger charge is -2.52. The van der Waals surface area contributed by atoms with E-state index in [4.69, 9.17) is 5.73 Å². The molecule has 0 saturated carbocycles. The first-order chi connectivity index (χ1) is 15.7. The summed E-state index contributed by atoms with van der Waals surface area (Å²) in [5, 5.41) is 4.39. The molecule has 166 valence electrons. The number of H-pyrrole nitrogens is 1. The molecule has 3 aliphatic rings. The Hall–Kier alpha value is -2.67. The number of aromatic amines is 1. The molecule has 0 aliphatic carbocycles. The van der Waals surface area contributed by atoms with Crippen molar-refractivity contribution in [2.45, 2.75) is 30.8 Å². The predicted octanol–water partition coefficient (Wildman–Crippen LogP) is 2.77. The number of aromatic nitrogens is 1. The third-order valence-corrected chi connectivity index (χ3v) is 7.83. The summed E-state index contributed by atoms with van der Waals surface area (Å²) in [5.41, 5.74) is 10.5. The van der Waals surface area contributed by atoms with Crippen molar-refractivity contribution < 1.29 is 4.79 Å². The molecular formula is C26H31N5O. The van der Waals surface area contributed by atoms with Crippen molar-refractivity contribution >= 4 is 16.8 Å². The highest BCUT2D eigenvalue weighted by molar-refractivity contribution is 6.06. The quantitative estimate of drug-likeness (QED) is 0.583. The minimum Gasteiger partial charge on any atom is -0.366 e. The number of likely N-dealkylation sites (tertiary alicyclic amines) is 2. The molecule has 2 aromatic carbocycles. The van der Waals surface area contributed by atoms with Gasteiger partial charge in [0.25, 0.3) is 5.91 Å². The number of piperidine rings is 1. The van der Waals surface area contributed by atoms with Crippen LogP contribution in [0.2, 0.25) is 0 Å². The Morgan fingerprint density at radius 2 is 1.69 bits per heavy atom. The molecule has 3 fully saturated rings. The largest absolute Gasteiger partial charge is 0.366 e. The predicted molar refractivity (Wildman–Crippen MR) is 128 cm³/mol. The van der Waals surface area contributed by atoms with Gasteiger partial charge in [0, 0.05) is 49.3 Å². The molecule has 4 heterocycles. The zero-order valence-electron chi connectivity index (χ0n) is 18.4. The van der Waals surface area contributed by atoms with E-state index >= 15 is 0 Å². The van der Waals surface area contributed by atoms with Gasteiger partial charge in [-0.3, -0.25) is 14.6 Å². The highest BCUT2D eigenvalue weighted by atomic mass is 16.1. The van der Waals surface area contributed by atoms with Crippen molar-refractivity contribution in [2.24, 2.45) is 5.73 Å². The average Bonchev–Trinajstić information content (AvgIpc) is 3.19. The number of hydrogen-bond donors (Lipinski definition) is 3. The van der Waals surface area contributed by atoms with Gasteiger partial charge in [0.2, 0.25) is 0 Å². The SMILES string of the molecule is NC(=O)c1cccc2cc(-c3ccc(C4CCN(C5CN(C6CNC6)C5)CC4)cc3)[nH]c12. The maximum absolute atomic E-state index is 11.7. The van der Waals surface area contributed by atoms with Gasteiger partial charge in [-0.05, 0) is 55.1 Å². The van der Waals surface area contributed by atoms with Crippen LogP contribution >= 0.6 is 0 Å². The van der Waals surface area contributed by atoms with E-state index in [2.05, 4.69) is 50.4 Å². The van der Waals surface area contributed by atoms with Crippen molar-refractivity contribution in [1.29, 1.82) is 0 Å². The molecule has 1 amide bonds. The van der Waals surface area contributed by atoms with Crippen molar-refractivity contribution in [3.63, 3.8) is 0 Å². The molecule has 3 saturated heterocycles. The fraction of sp³-hybridized carbons (Fsp3) is 0.423. The fourth-order valence-electron chi connectivity index (χ4n) is 5.60. The Morgan fingerprint density at radius 3 is 2.34 bits per heavy atom. The van der Waals surface area contributed by atoms with Gasteiger partial charge in [-0.1, -0.05) is 36.4 Å². The lowest BCUT2D eigenvalue weighted by Crippen LogP contribution is -2.69. The monoisotopic (exact) mass is 429 g/mol. The van der Waals surface area contributed by atoms with Gasteiger partial charge in [-0.15, -0.1) is 0 Å². The summed E-state index contributed by atoms with van der Waals surface area (Å²) in [6.45, 7) is 7.30. The van der Waals surface area contributed by atoms with Gasteiger partial charge in [0.05, 0.1) is 11.1 Å². The van der Waals surface area contributed by atoms with E-state index in [-0.39, 0.29) is 0 Å². The van der Waals surface area contributed by atoms with E-state index in [1.807, 2.05) is 12.1 Å². The number of carbonyl (C=O) groups excluding carboxylic acids is 1.